The summed E-state index contributed by atoms with van der Waals surface area (Å²) in [6.07, 6.45) is 7.13. The number of nitrogens with zero attached hydrogens (tertiary/aromatic N) is 3. The average molecular weight is 413 g/mol. The van der Waals surface area contributed by atoms with E-state index in [2.05, 4.69) is 45.5 Å². The predicted octanol–water partition coefficient (Wildman–Crippen LogP) is 4.44. The summed E-state index contributed by atoms with van der Waals surface area (Å²) in [5, 5.41) is 4.01. The Kier molecular flexibility index (Phi) is 6.67. The zero-order valence-electron chi connectivity index (χ0n) is 16.8. The van der Waals surface area contributed by atoms with Crippen molar-refractivity contribution in [3.05, 3.63) is 58.7 Å². The van der Waals surface area contributed by atoms with Crippen molar-refractivity contribution >= 4 is 23.3 Å². The molecule has 1 aromatic heterocycles. The molecule has 2 aliphatic rings. The van der Waals surface area contributed by atoms with Crippen molar-refractivity contribution in [1.82, 2.24) is 14.8 Å². The van der Waals surface area contributed by atoms with Crippen LogP contribution in [0.2, 0.25) is 5.02 Å². The Bertz CT molecular complexity index is 815. The van der Waals surface area contributed by atoms with Gasteiger partial charge in [0.05, 0.1) is 10.6 Å². The van der Waals surface area contributed by atoms with E-state index in [4.69, 9.17) is 11.6 Å². The van der Waals surface area contributed by atoms with Crippen molar-refractivity contribution in [3.8, 4) is 0 Å². The first-order chi connectivity index (χ1) is 14.2. The average Bonchev–Trinajstić information content (AvgIpc) is 2.77. The second-order valence-electron chi connectivity index (χ2n) is 8.09. The van der Waals surface area contributed by atoms with E-state index in [1.807, 2.05) is 4.90 Å². The fourth-order valence-electron chi connectivity index (χ4n) is 4.21. The molecule has 154 valence electrons. The third-order valence-electron chi connectivity index (χ3n) is 5.91. The molecular weight excluding hydrogens is 384 g/mol. The summed E-state index contributed by atoms with van der Waals surface area (Å²) in [7, 11) is 0. The molecule has 1 aromatic carbocycles. The largest absolute Gasteiger partial charge is 0.366 e. The van der Waals surface area contributed by atoms with Gasteiger partial charge in [0.25, 0.3) is 5.91 Å². The molecule has 3 heterocycles. The van der Waals surface area contributed by atoms with Crippen LogP contribution in [0.4, 0.5) is 5.82 Å². The summed E-state index contributed by atoms with van der Waals surface area (Å²) in [6, 6.07) is 12.7. The first-order valence-electron chi connectivity index (χ1n) is 10.7. The first kappa shape index (κ1) is 20.2. The van der Waals surface area contributed by atoms with Gasteiger partial charge in [0.15, 0.2) is 0 Å². The van der Waals surface area contributed by atoms with Gasteiger partial charge >= 0.3 is 0 Å². The minimum Gasteiger partial charge on any atom is -0.366 e. The fraction of sp³-hybridized carbons (Fsp3) is 0.478. The molecule has 1 amide bonds. The zero-order valence-corrected chi connectivity index (χ0v) is 17.6. The lowest BCUT2D eigenvalue weighted by molar-refractivity contribution is 0.0724. The number of piperidine rings is 2. The number of pyridine rings is 1. The summed E-state index contributed by atoms with van der Waals surface area (Å²) >= 11 is 6.46. The predicted molar refractivity (Wildman–Crippen MR) is 117 cm³/mol. The van der Waals surface area contributed by atoms with E-state index in [1.54, 1.807) is 12.3 Å². The van der Waals surface area contributed by atoms with Crippen LogP contribution in [0.1, 0.15) is 48.0 Å². The van der Waals surface area contributed by atoms with Crippen LogP contribution in [0.3, 0.4) is 0 Å². The maximum absolute atomic E-state index is 12.6. The Hall–Kier alpha value is -2.11. The lowest BCUT2D eigenvalue weighted by atomic mass is 10.0. The van der Waals surface area contributed by atoms with Crippen LogP contribution in [-0.4, -0.2) is 52.9 Å². The molecule has 0 unspecified atom stereocenters. The van der Waals surface area contributed by atoms with E-state index in [0.717, 1.165) is 58.4 Å². The smallest absolute Gasteiger partial charge is 0.255 e. The summed E-state index contributed by atoms with van der Waals surface area (Å²) < 4.78 is 0. The van der Waals surface area contributed by atoms with E-state index in [9.17, 15) is 4.79 Å². The summed E-state index contributed by atoms with van der Waals surface area (Å²) in [6.45, 7) is 4.77. The highest BCUT2D eigenvalue weighted by atomic mass is 35.5. The van der Waals surface area contributed by atoms with Gasteiger partial charge in [-0.1, -0.05) is 41.9 Å². The molecule has 6 heteroatoms. The van der Waals surface area contributed by atoms with Gasteiger partial charge < -0.3 is 10.2 Å². The molecule has 0 bridgehead atoms. The number of benzene rings is 1. The summed E-state index contributed by atoms with van der Waals surface area (Å²) in [4.78, 5) is 21.5. The van der Waals surface area contributed by atoms with Gasteiger partial charge in [-0.3, -0.25) is 9.69 Å². The quantitative estimate of drug-likeness (QED) is 0.788. The van der Waals surface area contributed by atoms with Crippen LogP contribution in [-0.2, 0) is 6.54 Å². The Balaban J connectivity index is 1.30. The SMILES string of the molecule is O=C(c1cnc(NC2CCN(Cc3ccccc3)CC2)c(Cl)c1)N1CCCCC1. The molecule has 0 saturated carbocycles. The summed E-state index contributed by atoms with van der Waals surface area (Å²) in [5.41, 5.74) is 1.94. The molecule has 0 radical (unpaired) electrons. The number of nitrogens with one attached hydrogen (secondary N) is 1. The number of halogens is 1. The molecule has 5 nitrogen and oxygen atoms in total. The standard InChI is InChI=1S/C23H29ClN4O/c24-21-15-19(23(29)28-11-5-2-6-12-28)16-25-22(21)26-20-9-13-27(14-10-20)17-18-7-3-1-4-8-18/h1,3-4,7-8,15-16,20H,2,5-6,9-14,17H2,(H,25,26). The van der Waals surface area contributed by atoms with E-state index in [-0.39, 0.29) is 5.91 Å². The van der Waals surface area contributed by atoms with Crippen LogP contribution in [0.15, 0.2) is 42.6 Å². The number of hydrogen-bond donors (Lipinski definition) is 1. The lowest BCUT2D eigenvalue weighted by Crippen LogP contribution is -2.39. The Morgan fingerprint density at radius 1 is 1.07 bits per heavy atom. The molecule has 2 aromatic rings. The topological polar surface area (TPSA) is 48.5 Å². The number of carbonyl (C=O) groups excluding carboxylic acids is 1. The minimum atomic E-state index is 0.0415. The third kappa shape index (κ3) is 5.28. The first-order valence-corrected chi connectivity index (χ1v) is 11.0. The number of hydrogen-bond acceptors (Lipinski definition) is 4. The Labute approximate surface area is 178 Å². The third-order valence-corrected chi connectivity index (χ3v) is 6.20. The molecule has 0 atom stereocenters. The van der Waals surface area contributed by atoms with Crippen LogP contribution >= 0.6 is 11.6 Å². The molecule has 2 saturated heterocycles. The molecule has 2 fully saturated rings. The van der Waals surface area contributed by atoms with E-state index in [0.29, 0.717) is 22.4 Å². The van der Waals surface area contributed by atoms with Gasteiger partial charge in [0, 0.05) is 45.0 Å². The van der Waals surface area contributed by atoms with Crippen LogP contribution < -0.4 is 5.32 Å². The van der Waals surface area contributed by atoms with E-state index < -0.39 is 0 Å². The maximum atomic E-state index is 12.6. The number of carbonyl (C=O) groups is 1. The van der Waals surface area contributed by atoms with Gasteiger partial charge in [-0.2, -0.15) is 0 Å². The minimum absolute atomic E-state index is 0.0415. The molecule has 1 N–H and O–H groups in total. The second-order valence-corrected chi connectivity index (χ2v) is 8.49. The summed E-state index contributed by atoms with van der Waals surface area (Å²) in [5.74, 6) is 0.725. The van der Waals surface area contributed by atoms with Gasteiger partial charge in [-0.15, -0.1) is 0 Å². The highest BCUT2D eigenvalue weighted by Gasteiger charge is 2.22. The monoisotopic (exact) mass is 412 g/mol. The Morgan fingerprint density at radius 2 is 1.79 bits per heavy atom. The lowest BCUT2D eigenvalue weighted by Gasteiger charge is -2.32. The second kappa shape index (κ2) is 9.59. The van der Waals surface area contributed by atoms with Crippen molar-refractivity contribution in [1.29, 1.82) is 0 Å². The number of rotatable bonds is 5. The number of aromatic nitrogens is 1. The fourth-order valence-corrected chi connectivity index (χ4v) is 4.43. The Morgan fingerprint density at radius 3 is 2.48 bits per heavy atom. The van der Waals surface area contributed by atoms with Crippen LogP contribution in [0.25, 0.3) is 0 Å². The van der Waals surface area contributed by atoms with Gasteiger partial charge in [0.2, 0.25) is 0 Å². The van der Waals surface area contributed by atoms with Crippen molar-refractivity contribution in [2.24, 2.45) is 0 Å². The normalized spacial score (nSPS) is 18.6. The van der Waals surface area contributed by atoms with E-state index >= 15 is 0 Å². The molecule has 4 rings (SSSR count). The van der Waals surface area contributed by atoms with E-state index in [1.165, 1.54) is 12.0 Å². The molecular formula is C23H29ClN4O. The van der Waals surface area contributed by atoms with Crippen LogP contribution in [0.5, 0.6) is 0 Å². The van der Waals surface area contributed by atoms with Crippen molar-refractivity contribution in [3.63, 3.8) is 0 Å². The maximum Gasteiger partial charge on any atom is 0.255 e. The number of likely N-dealkylation sites (tertiary alicyclic amines) is 2. The van der Waals surface area contributed by atoms with Crippen LogP contribution in [0, 0.1) is 0 Å². The highest BCUT2D eigenvalue weighted by Crippen LogP contribution is 2.25. The molecule has 29 heavy (non-hydrogen) atoms. The van der Waals surface area contributed by atoms with Crippen molar-refractivity contribution in [2.75, 3.05) is 31.5 Å². The van der Waals surface area contributed by atoms with Crippen molar-refractivity contribution < 1.29 is 4.79 Å². The van der Waals surface area contributed by atoms with Gasteiger partial charge in [-0.25, -0.2) is 4.98 Å². The molecule has 0 spiro atoms. The van der Waals surface area contributed by atoms with Crippen molar-refractivity contribution in [2.45, 2.75) is 44.7 Å². The highest BCUT2D eigenvalue weighted by molar-refractivity contribution is 6.33. The van der Waals surface area contributed by atoms with Gasteiger partial charge in [0.1, 0.15) is 5.82 Å². The number of amides is 1. The number of anilines is 1. The zero-order chi connectivity index (χ0) is 20.1. The molecule has 2 aliphatic heterocycles. The van der Waals surface area contributed by atoms with Gasteiger partial charge in [-0.05, 0) is 43.7 Å². The molecule has 0 aliphatic carbocycles.